The Labute approximate surface area is 157 Å². The van der Waals surface area contributed by atoms with Crippen LogP contribution in [0.5, 0.6) is 0 Å². The maximum atomic E-state index is 10.2. The second-order valence-corrected chi connectivity index (χ2v) is 5.82. The number of carboxylic acids is 1. The van der Waals surface area contributed by atoms with Gasteiger partial charge >= 0.3 is 0 Å². The Kier molecular flexibility index (Phi) is 16.2. The van der Waals surface area contributed by atoms with E-state index in [0.29, 0.717) is 12.8 Å². The average molecular weight is 359 g/mol. The molecular formula is C22H31O4-. The van der Waals surface area contributed by atoms with Crippen LogP contribution in [-0.2, 0) is 4.79 Å². The molecule has 144 valence electrons. The minimum Gasteiger partial charge on any atom is -0.550 e. The van der Waals surface area contributed by atoms with E-state index >= 15 is 0 Å². The molecule has 0 aromatic rings. The summed E-state index contributed by atoms with van der Waals surface area (Å²) in [5.74, 6) is -1.02. The van der Waals surface area contributed by atoms with E-state index < -0.39 is 18.2 Å². The fourth-order valence-electron chi connectivity index (χ4n) is 1.88. The van der Waals surface area contributed by atoms with Gasteiger partial charge in [-0.1, -0.05) is 72.9 Å². The van der Waals surface area contributed by atoms with Gasteiger partial charge in [-0.3, -0.25) is 0 Å². The van der Waals surface area contributed by atoms with Gasteiger partial charge in [-0.2, -0.15) is 0 Å². The van der Waals surface area contributed by atoms with Gasteiger partial charge in [0.25, 0.3) is 0 Å². The van der Waals surface area contributed by atoms with Crippen LogP contribution in [0.3, 0.4) is 0 Å². The van der Waals surface area contributed by atoms with Crippen LogP contribution in [0.4, 0.5) is 0 Å². The van der Waals surface area contributed by atoms with Crippen molar-refractivity contribution in [2.75, 3.05) is 0 Å². The van der Waals surface area contributed by atoms with Gasteiger partial charge in [-0.25, -0.2) is 0 Å². The van der Waals surface area contributed by atoms with Gasteiger partial charge in [0.1, 0.15) is 0 Å². The smallest absolute Gasteiger partial charge is 0.0758 e. The highest BCUT2D eigenvalue weighted by molar-refractivity contribution is 5.64. The molecule has 0 aliphatic carbocycles. The van der Waals surface area contributed by atoms with E-state index in [0.717, 1.165) is 19.3 Å². The van der Waals surface area contributed by atoms with Crippen molar-refractivity contribution in [1.82, 2.24) is 0 Å². The Morgan fingerprint density at radius 1 is 0.846 bits per heavy atom. The van der Waals surface area contributed by atoms with E-state index in [-0.39, 0.29) is 6.42 Å². The van der Waals surface area contributed by atoms with Crippen molar-refractivity contribution in [3.63, 3.8) is 0 Å². The lowest BCUT2D eigenvalue weighted by atomic mass is 10.2. The van der Waals surface area contributed by atoms with Crippen molar-refractivity contribution in [3.8, 4) is 0 Å². The zero-order chi connectivity index (χ0) is 19.5. The summed E-state index contributed by atoms with van der Waals surface area (Å²) >= 11 is 0. The number of aliphatic carboxylic acids is 1. The molecule has 0 aromatic carbocycles. The van der Waals surface area contributed by atoms with E-state index in [1.807, 2.05) is 60.8 Å². The number of hydrogen-bond donors (Lipinski definition) is 2. The van der Waals surface area contributed by atoms with Gasteiger partial charge in [0, 0.05) is 5.97 Å². The van der Waals surface area contributed by atoms with Gasteiger partial charge < -0.3 is 20.1 Å². The van der Waals surface area contributed by atoms with Crippen molar-refractivity contribution in [1.29, 1.82) is 0 Å². The Morgan fingerprint density at radius 2 is 1.46 bits per heavy atom. The summed E-state index contributed by atoms with van der Waals surface area (Å²) in [4.78, 5) is 10.2. The van der Waals surface area contributed by atoms with Crippen molar-refractivity contribution in [2.24, 2.45) is 0 Å². The fourth-order valence-corrected chi connectivity index (χ4v) is 1.88. The first-order valence-corrected chi connectivity index (χ1v) is 9.03. The Morgan fingerprint density at radius 3 is 2.15 bits per heavy atom. The monoisotopic (exact) mass is 359 g/mol. The molecule has 0 heterocycles. The molecule has 4 heteroatoms. The van der Waals surface area contributed by atoms with Crippen LogP contribution in [0.2, 0.25) is 0 Å². The first-order valence-electron chi connectivity index (χ1n) is 9.03. The first-order chi connectivity index (χ1) is 12.5. The molecule has 0 saturated carbocycles. The Balaban J connectivity index is 3.74. The number of aliphatic hydroxyl groups is 2. The normalized spacial score (nSPS) is 15.5. The van der Waals surface area contributed by atoms with Crippen LogP contribution in [0.25, 0.3) is 0 Å². The molecule has 0 aliphatic rings. The molecule has 4 nitrogen and oxygen atoms in total. The Hall–Kier alpha value is -2.17. The lowest BCUT2D eigenvalue weighted by molar-refractivity contribution is -0.305. The molecule has 0 bridgehead atoms. The highest BCUT2D eigenvalue weighted by atomic mass is 16.4. The third-order valence-electron chi connectivity index (χ3n) is 3.20. The maximum Gasteiger partial charge on any atom is 0.0758 e. The fraction of sp³-hybridized carbons (Fsp3) is 0.409. The second-order valence-electron chi connectivity index (χ2n) is 5.82. The van der Waals surface area contributed by atoms with E-state index in [1.54, 1.807) is 19.1 Å². The zero-order valence-electron chi connectivity index (χ0n) is 15.5. The molecule has 0 aliphatic heterocycles. The van der Waals surface area contributed by atoms with E-state index in [9.17, 15) is 15.0 Å². The van der Waals surface area contributed by atoms with Crippen LogP contribution in [0, 0.1) is 0 Å². The summed E-state index contributed by atoms with van der Waals surface area (Å²) in [5.41, 5.74) is 0. The minimum atomic E-state index is -1.02. The lowest BCUT2D eigenvalue weighted by Gasteiger charge is -1.98. The summed E-state index contributed by atoms with van der Waals surface area (Å²) in [6.07, 6.45) is 25.4. The molecular weight excluding hydrogens is 328 g/mol. The van der Waals surface area contributed by atoms with E-state index in [2.05, 4.69) is 0 Å². The number of carbonyl (C=O) groups excluding carboxylic acids is 1. The van der Waals surface area contributed by atoms with Crippen LogP contribution in [0.15, 0.2) is 72.9 Å². The number of aliphatic hydroxyl groups excluding tert-OH is 2. The van der Waals surface area contributed by atoms with Crippen molar-refractivity contribution >= 4 is 5.97 Å². The molecule has 0 aromatic heterocycles. The summed E-state index contributed by atoms with van der Waals surface area (Å²) in [6, 6.07) is 0. The summed E-state index contributed by atoms with van der Waals surface area (Å²) in [7, 11) is 0. The number of allylic oxidation sites excluding steroid dienone is 9. The molecule has 0 saturated heterocycles. The molecule has 2 atom stereocenters. The predicted octanol–water partition coefficient (Wildman–Crippen LogP) is 3.16. The number of carboxylic acid groups (broad SMARTS) is 1. The molecule has 0 rings (SSSR count). The van der Waals surface area contributed by atoms with Crippen molar-refractivity contribution in [3.05, 3.63) is 72.9 Å². The number of hydrogen-bond acceptors (Lipinski definition) is 4. The molecule has 0 radical (unpaired) electrons. The third-order valence-corrected chi connectivity index (χ3v) is 3.20. The first kappa shape index (κ1) is 23.8. The second kappa shape index (κ2) is 17.6. The van der Waals surface area contributed by atoms with Gasteiger partial charge in [0.05, 0.1) is 12.2 Å². The topological polar surface area (TPSA) is 80.6 Å². The number of rotatable bonds is 14. The van der Waals surface area contributed by atoms with Crippen molar-refractivity contribution in [2.45, 2.75) is 57.7 Å². The summed E-state index contributed by atoms with van der Waals surface area (Å²) in [6.45, 7) is 1.71. The largest absolute Gasteiger partial charge is 0.550 e. The highest BCUT2D eigenvalue weighted by Gasteiger charge is 1.92. The van der Waals surface area contributed by atoms with Gasteiger partial charge in [0.15, 0.2) is 0 Å². The predicted molar refractivity (Wildman–Crippen MR) is 105 cm³/mol. The maximum absolute atomic E-state index is 10.2. The quantitative estimate of drug-likeness (QED) is 0.369. The van der Waals surface area contributed by atoms with Gasteiger partial charge in [0.2, 0.25) is 0 Å². The standard InChI is InChI=1S/C22H32O4/c1-20(23)16-12-10-11-14-18-21(24)17-13-8-6-4-2-3-5-7-9-15-19-22(25)26/h2-3,6-9,11-14,16-17,20-21,23-24H,4-5,10,15,18-19H2,1H3,(H,25,26)/p-1/b3-2-,8-6-,9-7-,14-11-,16-12-,17-13+/t20-,21-/m0/s1. The van der Waals surface area contributed by atoms with Crippen LogP contribution < -0.4 is 5.11 Å². The average Bonchev–Trinajstić information content (AvgIpc) is 2.58. The van der Waals surface area contributed by atoms with Crippen LogP contribution >= 0.6 is 0 Å². The number of carbonyl (C=O) groups is 1. The zero-order valence-corrected chi connectivity index (χ0v) is 15.5. The molecule has 0 amide bonds. The molecule has 0 spiro atoms. The van der Waals surface area contributed by atoms with E-state index in [1.165, 1.54) is 0 Å². The summed E-state index contributed by atoms with van der Waals surface area (Å²) < 4.78 is 0. The summed E-state index contributed by atoms with van der Waals surface area (Å²) in [5, 5.41) is 29.0. The third kappa shape index (κ3) is 19.9. The highest BCUT2D eigenvalue weighted by Crippen LogP contribution is 1.99. The van der Waals surface area contributed by atoms with Crippen molar-refractivity contribution < 1.29 is 20.1 Å². The van der Waals surface area contributed by atoms with Crippen LogP contribution in [0.1, 0.15) is 45.4 Å². The van der Waals surface area contributed by atoms with Gasteiger partial charge in [-0.05, 0) is 45.4 Å². The Bertz CT molecular complexity index is 522. The molecule has 0 fully saturated rings. The molecule has 26 heavy (non-hydrogen) atoms. The van der Waals surface area contributed by atoms with Crippen LogP contribution in [-0.4, -0.2) is 28.4 Å². The van der Waals surface area contributed by atoms with Gasteiger partial charge in [-0.15, -0.1) is 0 Å². The lowest BCUT2D eigenvalue weighted by Crippen LogP contribution is -2.21. The SMILES string of the molecule is C[C@H](O)/C=C\C/C=C\C[C@@H](O)/C=C/C=C\C/C=C\C/C=C\CCC(=O)[O-]. The molecule has 0 unspecified atom stereocenters. The minimum absolute atomic E-state index is 0.0664. The molecule has 2 N–H and O–H groups in total. The van der Waals surface area contributed by atoms with E-state index in [4.69, 9.17) is 5.11 Å².